The van der Waals surface area contributed by atoms with Crippen LogP contribution in [0.15, 0.2) is 40.9 Å². The van der Waals surface area contributed by atoms with Crippen molar-refractivity contribution >= 4 is 11.6 Å². The van der Waals surface area contributed by atoms with Gasteiger partial charge in [-0.15, -0.1) is 0 Å². The van der Waals surface area contributed by atoms with Crippen molar-refractivity contribution in [3.63, 3.8) is 0 Å². The van der Waals surface area contributed by atoms with Crippen LogP contribution >= 0.6 is 0 Å². The molecule has 3 rings (SSSR count). The highest BCUT2D eigenvalue weighted by molar-refractivity contribution is 5.80. The van der Waals surface area contributed by atoms with E-state index in [1.54, 1.807) is 0 Å². The lowest BCUT2D eigenvalue weighted by Gasteiger charge is -2.22. The van der Waals surface area contributed by atoms with Gasteiger partial charge in [-0.05, 0) is 50.3 Å². The van der Waals surface area contributed by atoms with Gasteiger partial charge in [0.15, 0.2) is 5.96 Å². The molecule has 5 heteroatoms. The minimum atomic E-state index is 0.214. The first-order chi connectivity index (χ1) is 12.8. The van der Waals surface area contributed by atoms with Gasteiger partial charge in [-0.25, -0.2) is 0 Å². The molecule has 1 saturated heterocycles. The molecule has 5 nitrogen and oxygen atoms in total. The Balaban J connectivity index is 1.51. The van der Waals surface area contributed by atoms with Crippen LogP contribution < -0.4 is 15.5 Å². The van der Waals surface area contributed by atoms with Crippen molar-refractivity contribution in [3.8, 4) is 0 Å². The second-order valence-corrected chi connectivity index (χ2v) is 7.09. The summed E-state index contributed by atoms with van der Waals surface area (Å²) < 4.78 is 5.36. The average molecular weight is 357 g/mol. The van der Waals surface area contributed by atoms with E-state index < -0.39 is 0 Å². The van der Waals surface area contributed by atoms with Gasteiger partial charge in [-0.3, -0.25) is 4.99 Å². The van der Waals surface area contributed by atoms with E-state index in [4.69, 9.17) is 4.74 Å². The van der Waals surface area contributed by atoms with Crippen molar-refractivity contribution in [2.75, 3.05) is 44.8 Å². The van der Waals surface area contributed by atoms with Crippen LogP contribution in [0.25, 0.3) is 0 Å². The molecule has 1 fully saturated rings. The van der Waals surface area contributed by atoms with Crippen LogP contribution in [0.1, 0.15) is 44.2 Å². The zero-order valence-corrected chi connectivity index (χ0v) is 16.1. The summed E-state index contributed by atoms with van der Waals surface area (Å²) in [5.74, 6) is 0.858. The standard InChI is InChI=1S/C21H32N4O/c1-17(19-6-5-7-20(16-19)25-12-3-4-13-25)24-21(22-2)23-11-8-18-9-14-26-15-10-18/h5-7,9,16-17H,3-4,8,10-15H2,1-2H3,(H2,22,23,24). The molecule has 2 N–H and O–H groups in total. The summed E-state index contributed by atoms with van der Waals surface area (Å²) in [6.45, 7) is 7.05. The molecular formula is C21H32N4O. The van der Waals surface area contributed by atoms with Gasteiger partial charge in [0.2, 0.25) is 0 Å². The molecule has 0 aliphatic carbocycles. The Bertz CT molecular complexity index is 635. The van der Waals surface area contributed by atoms with E-state index in [-0.39, 0.29) is 6.04 Å². The molecule has 2 heterocycles. The topological polar surface area (TPSA) is 48.9 Å². The number of guanidine groups is 1. The van der Waals surface area contributed by atoms with E-state index in [0.717, 1.165) is 38.6 Å². The van der Waals surface area contributed by atoms with E-state index >= 15 is 0 Å². The van der Waals surface area contributed by atoms with Gasteiger partial charge < -0.3 is 20.3 Å². The fourth-order valence-corrected chi connectivity index (χ4v) is 3.58. The van der Waals surface area contributed by atoms with Crippen molar-refractivity contribution in [2.24, 2.45) is 4.99 Å². The van der Waals surface area contributed by atoms with Gasteiger partial charge in [0.25, 0.3) is 0 Å². The maximum absolute atomic E-state index is 5.36. The van der Waals surface area contributed by atoms with Crippen LogP contribution in [0.4, 0.5) is 5.69 Å². The first kappa shape index (κ1) is 18.8. The Morgan fingerprint density at radius 3 is 2.88 bits per heavy atom. The number of nitrogens with zero attached hydrogens (tertiary/aromatic N) is 2. The second kappa shape index (κ2) is 9.62. The van der Waals surface area contributed by atoms with Crippen LogP contribution in [0.2, 0.25) is 0 Å². The van der Waals surface area contributed by atoms with Crippen LogP contribution in [-0.2, 0) is 4.74 Å². The lowest BCUT2D eigenvalue weighted by atomic mass is 10.1. The second-order valence-electron chi connectivity index (χ2n) is 7.09. The molecule has 1 atom stereocenters. The summed E-state index contributed by atoms with van der Waals surface area (Å²) in [4.78, 5) is 6.85. The van der Waals surface area contributed by atoms with Crippen molar-refractivity contribution in [1.82, 2.24) is 10.6 Å². The van der Waals surface area contributed by atoms with E-state index in [0.29, 0.717) is 0 Å². The Hall–Kier alpha value is -2.01. The Morgan fingerprint density at radius 1 is 1.31 bits per heavy atom. The summed E-state index contributed by atoms with van der Waals surface area (Å²) in [7, 11) is 1.83. The maximum atomic E-state index is 5.36. The molecule has 1 unspecified atom stereocenters. The summed E-state index contributed by atoms with van der Waals surface area (Å²) in [5, 5.41) is 6.95. The SMILES string of the molecule is CN=C(NCCC1=CCOCC1)NC(C)c1cccc(N2CCCC2)c1. The fraction of sp³-hybridized carbons (Fsp3) is 0.571. The van der Waals surface area contributed by atoms with Crippen LogP contribution in [0, 0.1) is 0 Å². The Labute approximate surface area is 157 Å². The Kier molecular flexibility index (Phi) is 6.95. The number of hydrogen-bond acceptors (Lipinski definition) is 3. The smallest absolute Gasteiger partial charge is 0.191 e. The van der Waals surface area contributed by atoms with Gasteiger partial charge in [-0.2, -0.15) is 0 Å². The number of hydrogen-bond donors (Lipinski definition) is 2. The molecule has 0 spiro atoms. The molecule has 1 aromatic rings. The minimum absolute atomic E-state index is 0.214. The van der Waals surface area contributed by atoms with E-state index in [2.05, 4.69) is 57.8 Å². The molecule has 26 heavy (non-hydrogen) atoms. The number of benzene rings is 1. The van der Waals surface area contributed by atoms with Gasteiger partial charge in [0, 0.05) is 32.4 Å². The molecule has 2 aliphatic heterocycles. The summed E-state index contributed by atoms with van der Waals surface area (Å²) in [6.07, 6.45) is 6.90. The molecule has 1 aromatic carbocycles. The molecule has 2 aliphatic rings. The molecule has 142 valence electrons. The van der Waals surface area contributed by atoms with Crippen molar-refractivity contribution in [1.29, 1.82) is 0 Å². The summed E-state index contributed by atoms with van der Waals surface area (Å²) in [6, 6.07) is 9.09. The van der Waals surface area contributed by atoms with E-state index in [1.165, 1.54) is 42.8 Å². The van der Waals surface area contributed by atoms with Crippen molar-refractivity contribution in [3.05, 3.63) is 41.5 Å². The quantitative estimate of drug-likeness (QED) is 0.467. The minimum Gasteiger partial charge on any atom is -0.377 e. The van der Waals surface area contributed by atoms with Crippen LogP contribution in [-0.4, -0.2) is 45.9 Å². The zero-order valence-electron chi connectivity index (χ0n) is 16.1. The molecule has 0 aromatic heterocycles. The summed E-state index contributed by atoms with van der Waals surface area (Å²) in [5.41, 5.74) is 4.11. The largest absolute Gasteiger partial charge is 0.377 e. The van der Waals surface area contributed by atoms with Gasteiger partial charge in [0.1, 0.15) is 0 Å². The number of nitrogens with one attached hydrogen (secondary N) is 2. The maximum Gasteiger partial charge on any atom is 0.191 e. The predicted molar refractivity (Wildman–Crippen MR) is 109 cm³/mol. The van der Waals surface area contributed by atoms with Gasteiger partial charge in [-0.1, -0.05) is 23.8 Å². The molecule has 0 saturated carbocycles. The molecule has 0 amide bonds. The third-order valence-corrected chi connectivity index (χ3v) is 5.21. The number of aliphatic imine (C=N–C) groups is 1. The normalized spacial score (nSPS) is 19.2. The molecule has 0 bridgehead atoms. The lowest BCUT2D eigenvalue weighted by Crippen LogP contribution is -2.39. The zero-order chi connectivity index (χ0) is 18.2. The Morgan fingerprint density at radius 2 is 2.15 bits per heavy atom. The van der Waals surface area contributed by atoms with Crippen molar-refractivity contribution in [2.45, 2.75) is 38.6 Å². The third kappa shape index (κ3) is 5.24. The fourth-order valence-electron chi connectivity index (χ4n) is 3.58. The highest BCUT2D eigenvalue weighted by Gasteiger charge is 2.14. The molecular weight excluding hydrogens is 324 g/mol. The predicted octanol–water partition coefficient (Wildman–Crippen LogP) is 3.25. The number of rotatable bonds is 6. The van der Waals surface area contributed by atoms with Crippen molar-refractivity contribution < 1.29 is 4.74 Å². The first-order valence-corrected chi connectivity index (χ1v) is 9.84. The molecule has 0 radical (unpaired) electrons. The first-order valence-electron chi connectivity index (χ1n) is 9.84. The monoisotopic (exact) mass is 356 g/mol. The number of anilines is 1. The van der Waals surface area contributed by atoms with Crippen LogP contribution in [0.5, 0.6) is 0 Å². The third-order valence-electron chi connectivity index (χ3n) is 5.21. The highest BCUT2D eigenvalue weighted by atomic mass is 16.5. The van der Waals surface area contributed by atoms with Gasteiger partial charge in [0.05, 0.1) is 19.3 Å². The highest BCUT2D eigenvalue weighted by Crippen LogP contribution is 2.23. The van der Waals surface area contributed by atoms with E-state index in [9.17, 15) is 0 Å². The van der Waals surface area contributed by atoms with E-state index in [1.807, 2.05) is 7.05 Å². The van der Waals surface area contributed by atoms with Gasteiger partial charge >= 0.3 is 0 Å². The summed E-state index contributed by atoms with van der Waals surface area (Å²) >= 11 is 0. The van der Waals surface area contributed by atoms with Crippen LogP contribution in [0.3, 0.4) is 0 Å². The lowest BCUT2D eigenvalue weighted by molar-refractivity contribution is 0.153. The average Bonchev–Trinajstić information content (AvgIpc) is 3.23. The number of ether oxygens (including phenoxy) is 1.